The summed E-state index contributed by atoms with van der Waals surface area (Å²) in [5.74, 6) is -0.495. The molecule has 0 bridgehead atoms. The summed E-state index contributed by atoms with van der Waals surface area (Å²) >= 11 is 1.45. The van der Waals surface area contributed by atoms with Gasteiger partial charge < -0.3 is 20.1 Å². The summed E-state index contributed by atoms with van der Waals surface area (Å²) in [6, 6.07) is 0. The third-order valence-corrected chi connectivity index (χ3v) is 4.47. The SMILES string of the molecule is COCCCC(=O)Nc1sc2c(c1C(=O)OC)CCNC2. The van der Waals surface area contributed by atoms with E-state index in [4.69, 9.17) is 9.47 Å². The van der Waals surface area contributed by atoms with Gasteiger partial charge in [0.1, 0.15) is 5.00 Å². The average molecular weight is 312 g/mol. The highest BCUT2D eigenvalue weighted by atomic mass is 32.1. The van der Waals surface area contributed by atoms with Gasteiger partial charge in [0, 0.05) is 31.6 Å². The number of rotatable bonds is 6. The topological polar surface area (TPSA) is 76.7 Å². The minimum absolute atomic E-state index is 0.108. The van der Waals surface area contributed by atoms with Crippen molar-refractivity contribution in [1.29, 1.82) is 0 Å². The molecule has 1 aromatic rings. The maximum absolute atomic E-state index is 12.0. The van der Waals surface area contributed by atoms with Crippen molar-refractivity contribution in [2.24, 2.45) is 0 Å². The second kappa shape index (κ2) is 7.53. The third kappa shape index (κ3) is 3.81. The molecule has 0 aliphatic carbocycles. The Morgan fingerprint density at radius 3 is 2.90 bits per heavy atom. The van der Waals surface area contributed by atoms with Crippen LogP contribution in [0.25, 0.3) is 0 Å². The van der Waals surface area contributed by atoms with E-state index < -0.39 is 0 Å². The molecule has 7 heteroatoms. The normalized spacial score (nSPS) is 13.6. The number of nitrogens with one attached hydrogen (secondary N) is 2. The number of thiophene rings is 1. The summed E-state index contributed by atoms with van der Waals surface area (Å²) < 4.78 is 9.79. The first-order chi connectivity index (χ1) is 10.2. The highest BCUT2D eigenvalue weighted by Crippen LogP contribution is 2.35. The number of amides is 1. The molecule has 2 heterocycles. The predicted octanol–water partition coefficient (Wildman–Crippen LogP) is 1.55. The lowest BCUT2D eigenvalue weighted by Gasteiger charge is -2.13. The first-order valence-electron chi connectivity index (χ1n) is 6.89. The predicted molar refractivity (Wildman–Crippen MR) is 80.8 cm³/mol. The minimum atomic E-state index is -0.387. The Morgan fingerprint density at radius 1 is 1.38 bits per heavy atom. The molecule has 0 fully saturated rings. The maximum Gasteiger partial charge on any atom is 0.341 e. The highest BCUT2D eigenvalue weighted by Gasteiger charge is 2.26. The van der Waals surface area contributed by atoms with Gasteiger partial charge in [0.05, 0.1) is 12.7 Å². The van der Waals surface area contributed by atoms with Crippen LogP contribution in [-0.2, 0) is 27.2 Å². The maximum atomic E-state index is 12.0. The monoisotopic (exact) mass is 312 g/mol. The molecule has 2 rings (SSSR count). The minimum Gasteiger partial charge on any atom is -0.465 e. The first kappa shape index (κ1) is 15.9. The van der Waals surface area contributed by atoms with Crippen LogP contribution in [0.3, 0.4) is 0 Å². The zero-order valence-electron chi connectivity index (χ0n) is 12.3. The fraction of sp³-hybridized carbons (Fsp3) is 0.571. The molecule has 1 aromatic heterocycles. The fourth-order valence-corrected chi connectivity index (χ4v) is 3.53. The molecule has 0 radical (unpaired) electrons. The first-order valence-corrected chi connectivity index (χ1v) is 7.71. The lowest BCUT2D eigenvalue weighted by atomic mass is 10.0. The fourth-order valence-electron chi connectivity index (χ4n) is 2.31. The Kier molecular flexibility index (Phi) is 5.72. The lowest BCUT2D eigenvalue weighted by molar-refractivity contribution is -0.116. The summed E-state index contributed by atoms with van der Waals surface area (Å²) in [7, 11) is 2.96. The highest BCUT2D eigenvalue weighted by molar-refractivity contribution is 7.17. The van der Waals surface area contributed by atoms with Crippen molar-refractivity contribution in [3.63, 3.8) is 0 Å². The summed E-state index contributed by atoms with van der Waals surface area (Å²) in [4.78, 5) is 25.0. The molecule has 1 aliphatic rings. The lowest BCUT2D eigenvalue weighted by Crippen LogP contribution is -2.23. The molecular formula is C14H20N2O4S. The standard InChI is InChI=1S/C14H20N2O4S/c1-19-7-3-4-11(17)16-13-12(14(18)20-2)9-5-6-15-8-10(9)21-13/h15H,3-8H2,1-2H3,(H,16,17). The van der Waals surface area contributed by atoms with Gasteiger partial charge in [-0.2, -0.15) is 0 Å². The Morgan fingerprint density at radius 2 is 2.19 bits per heavy atom. The number of hydrogen-bond acceptors (Lipinski definition) is 6. The number of anilines is 1. The van der Waals surface area contributed by atoms with E-state index in [1.165, 1.54) is 18.4 Å². The summed E-state index contributed by atoms with van der Waals surface area (Å²) in [6.45, 7) is 2.10. The molecule has 1 amide bonds. The van der Waals surface area contributed by atoms with Gasteiger partial charge in [-0.3, -0.25) is 4.79 Å². The second-order valence-corrected chi connectivity index (χ2v) is 5.88. The summed E-state index contributed by atoms with van der Waals surface area (Å²) in [5, 5.41) is 6.70. The van der Waals surface area contributed by atoms with Gasteiger partial charge in [-0.25, -0.2) is 4.79 Å². The summed E-state index contributed by atoms with van der Waals surface area (Å²) in [6.07, 6.45) is 1.80. The van der Waals surface area contributed by atoms with Crippen LogP contribution in [-0.4, -0.2) is 39.2 Å². The van der Waals surface area contributed by atoms with Crippen LogP contribution in [0.5, 0.6) is 0 Å². The van der Waals surface area contributed by atoms with Gasteiger partial charge in [0.2, 0.25) is 5.91 Å². The largest absolute Gasteiger partial charge is 0.465 e. The number of carbonyl (C=O) groups excluding carboxylic acids is 2. The zero-order chi connectivity index (χ0) is 15.2. The van der Waals surface area contributed by atoms with E-state index in [0.717, 1.165) is 30.0 Å². The van der Waals surface area contributed by atoms with Gasteiger partial charge >= 0.3 is 5.97 Å². The van der Waals surface area contributed by atoms with Crippen LogP contribution in [0.4, 0.5) is 5.00 Å². The number of carbonyl (C=O) groups is 2. The Balaban J connectivity index is 2.16. The molecule has 6 nitrogen and oxygen atoms in total. The van der Waals surface area contributed by atoms with Gasteiger partial charge in [0.25, 0.3) is 0 Å². The molecule has 21 heavy (non-hydrogen) atoms. The molecule has 1 aliphatic heterocycles. The van der Waals surface area contributed by atoms with Crippen molar-refractivity contribution in [3.8, 4) is 0 Å². The summed E-state index contributed by atoms with van der Waals surface area (Å²) in [5.41, 5.74) is 1.51. The number of hydrogen-bond donors (Lipinski definition) is 2. The number of methoxy groups -OCH3 is 2. The molecular weight excluding hydrogens is 292 g/mol. The second-order valence-electron chi connectivity index (χ2n) is 4.77. The van der Waals surface area contributed by atoms with Crippen LogP contribution in [0.1, 0.15) is 33.6 Å². The molecule has 0 atom stereocenters. The van der Waals surface area contributed by atoms with Crippen molar-refractivity contribution in [2.75, 3.05) is 32.7 Å². The van der Waals surface area contributed by atoms with Crippen LogP contribution in [0, 0.1) is 0 Å². The molecule has 0 aromatic carbocycles. The van der Waals surface area contributed by atoms with Gasteiger partial charge in [0.15, 0.2) is 0 Å². The van der Waals surface area contributed by atoms with Gasteiger partial charge in [-0.15, -0.1) is 11.3 Å². The zero-order valence-corrected chi connectivity index (χ0v) is 13.1. The van der Waals surface area contributed by atoms with Crippen LogP contribution in [0.2, 0.25) is 0 Å². The molecule has 0 saturated carbocycles. The van der Waals surface area contributed by atoms with E-state index in [-0.39, 0.29) is 11.9 Å². The van der Waals surface area contributed by atoms with Crippen molar-refractivity contribution in [1.82, 2.24) is 5.32 Å². The number of ether oxygens (including phenoxy) is 2. The van der Waals surface area contributed by atoms with E-state index in [1.807, 2.05) is 0 Å². The average Bonchev–Trinajstić information content (AvgIpc) is 2.84. The molecule has 0 saturated heterocycles. The van der Waals surface area contributed by atoms with Crippen molar-refractivity contribution < 1.29 is 19.1 Å². The van der Waals surface area contributed by atoms with Crippen molar-refractivity contribution in [2.45, 2.75) is 25.8 Å². The van der Waals surface area contributed by atoms with E-state index in [0.29, 0.717) is 30.0 Å². The van der Waals surface area contributed by atoms with Crippen LogP contribution in [0.15, 0.2) is 0 Å². The smallest absolute Gasteiger partial charge is 0.341 e. The van der Waals surface area contributed by atoms with Crippen molar-refractivity contribution in [3.05, 3.63) is 16.0 Å². The Bertz CT molecular complexity index is 527. The van der Waals surface area contributed by atoms with E-state index >= 15 is 0 Å². The van der Waals surface area contributed by atoms with E-state index in [2.05, 4.69) is 10.6 Å². The molecule has 2 N–H and O–H groups in total. The van der Waals surface area contributed by atoms with Crippen LogP contribution >= 0.6 is 11.3 Å². The number of esters is 1. The van der Waals surface area contributed by atoms with E-state index in [1.54, 1.807) is 7.11 Å². The molecule has 0 spiro atoms. The molecule has 116 valence electrons. The van der Waals surface area contributed by atoms with Crippen LogP contribution < -0.4 is 10.6 Å². The van der Waals surface area contributed by atoms with Crippen molar-refractivity contribution >= 4 is 28.2 Å². The number of fused-ring (bicyclic) bond motifs is 1. The quantitative estimate of drug-likeness (QED) is 0.615. The van der Waals surface area contributed by atoms with Gasteiger partial charge in [-0.05, 0) is 24.9 Å². The Hall–Kier alpha value is -1.44. The third-order valence-electron chi connectivity index (χ3n) is 3.32. The molecule has 0 unspecified atom stereocenters. The van der Waals surface area contributed by atoms with Gasteiger partial charge in [-0.1, -0.05) is 0 Å². The Labute approximate surface area is 127 Å². The van der Waals surface area contributed by atoms with E-state index in [9.17, 15) is 9.59 Å².